The van der Waals surface area contributed by atoms with Crippen LogP contribution in [0.2, 0.25) is 0 Å². The smallest absolute Gasteiger partial charge is 0.237 e. The van der Waals surface area contributed by atoms with Crippen molar-refractivity contribution in [1.82, 2.24) is 25.3 Å². The number of aryl methyl sites for hydroxylation is 2. The second-order valence-corrected chi connectivity index (χ2v) is 10.0. The van der Waals surface area contributed by atoms with Gasteiger partial charge in [0.15, 0.2) is 0 Å². The summed E-state index contributed by atoms with van der Waals surface area (Å²) in [6, 6.07) is 6.41. The highest BCUT2D eigenvalue weighted by atomic mass is 16.5. The SMILES string of the molecule is Cc1noc(C)c1Cn1cc2c3c(cccc31)[C@H](CC(C)C)N[C@H](C(=O)NCCN(C)C)C2. The van der Waals surface area contributed by atoms with E-state index in [1.807, 2.05) is 27.9 Å². The first-order valence-corrected chi connectivity index (χ1v) is 12.0. The maximum atomic E-state index is 13.2. The molecule has 1 aliphatic rings. The summed E-state index contributed by atoms with van der Waals surface area (Å²) in [6.07, 6.45) is 3.87. The fraction of sp³-hybridized carbons (Fsp3) is 0.538. The fourth-order valence-electron chi connectivity index (χ4n) is 4.92. The third-order valence-electron chi connectivity index (χ3n) is 6.61. The normalized spacial score (nSPS) is 18.3. The minimum Gasteiger partial charge on any atom is -0.361 e. The van der Waals surface area contributed by atoms with Gasteiger partial charge in [-0.2, -0.15) is 0 Å². The van der Waals surface area contributed by atoms with Crippen molar-refractivity contribution in [3.05, 3.63) is 52.5 Å². The lowest BCUT2D eigenvalue weighted by Gasteiger charge is -2.25. The Morgan fingerprint density at radius 3 is 2.79 bits per heavy atom. The molecule has 0 radical (unpaired) electrons. The summed E-state index contributed by atoms with van der Waals surface area (Å²) in [5.41, 5.74) is 5.76. The van der Waals surface area contributed by atoms with Gasteiger partial charge in [-0.15, -0.1) is 0 Å². The molecule has 0 fully saturated rings. The summed E-state index contributed by atoms with van der Waals surface area (Å²) in [6.45, 7) is 10.6. The Morgan fingerprint density at radius 2 is 2.12 bits per heavy atom. The predicted octanol–water partition coefficient (Wildman–Crippen LogP) is 3.57. The molecule has 3 aromatic rings. The molecule has 2 atom stereocenters. The van der Waals surface area contributed by atoms with Gasteiger partial charge in [0.1, 0.15) is 5.76 Å². The molecule has 3 heterocycles. The summed E-state index contributed by atoms with van der Waals surface area (Å²) < 4.78 is 7.69. The number of amides is 1. The molecule has 178 valence electrons. The minimum absolute atomic E-state index is 0.0741. The van der Waals surface area contributed by atoms with Gasteiger partial charge in [-0.25, -0.2) is 0 Å². The first-order valence-electron chi connectivity index (χ1n) is 12.0. The molecule has 0 saturated heterocycles. The van der Waals surface area contributed by atoms with Crippen molar-refractivity contribution in [3.63, 3.8) is 0 Å². The van der Waals surface area contributed by atoms with Crippen molar-refractivity contribution in [1.29, 1.82) is 0 Å². The maximum Gasteiger partial charge on any atom is 0.237 e. The molecule has 0 unspecified atom stereocenters. The van der Waals surface area contributed by atoms with E-state index in [2.05, 4.69) is 63.5 Å². The monoisotopic (exact) mass is 451 g/mol. The molecule has 0 aliphatic carbocycles. The summed E-state index contributed by atoms with van der Waals surface area (Å²) in [4.78, 5) is 15.2. The van der Waals surface area contributed by atoms with E-state index in [0.717, 1.165) is 30.0 Å². The van der Waals surface area contributed by atoms with Crippen molar-refractivity contribution < 1.29 is 9.32 Å². The number of benzene rings is 1. The van der Waals surface area contributed by atoms with E-state index in [9.17, 15) is 4.79 Å². The summed E-state index contributed by atoms with van der Waals surface area (Å²) in [5.74, 6) is 1.45. The van der Waals surface area contributed by atoms with Crippen molar-refractivity contribution in [2.24, 2.45) is 5.92 Å². The molecule has 0 saturated carbocycles. The molecule has 1 amide bonds. The van der Waals surface area contributed by atoms with Crippen LogP contribution in [0.25, 0.3) is 10.9 Å². The Balaban J connectivity index is 1.71. The Labute approximate surface area is 196 Å². The van der Waals surface area contributed by atoms with Gasteiger partial charge in [-0.05, 0) is 63.9 Å². The number of hydrogen-bond donors (Lipinski definition) is 2. The van der Waals surface area contributed by atoms with Gasteiger partial charge in [-0.1, -0.05) is 31.1 Å². The number of rotatable bonds is 8. The van der Waals surface area contributed by atoms with Gasteiger partial charge in [0.25, 0.3) is 0 Å². The molecule has 7 nitrogen and oxygen atoms in total. The van der Waals surface area contributed by atoms with Crippen LogP contribution in [0.5, 0.6) is 0 Å². The molecular formula is C26H37N5O2. The fourth-order valence-corrected chi connectivity index (χ4v) is 4.92. The van der Waals surface area contributed by atoms with Gasteiger partial charge in [0, 0.05) is 41.8 Å². The lowest BCUT2D eigenvalue weighted by molar-refractivity contribution is -0.123. The number of hydrogen-bond acceptors (Lipinski definition) is 5. The highest BCUT2D eigenvalue weighted by Crippen LogP contribution is 2.36. The van der Waals surface area contributed by atoms with Crippen LogP contribution >= 0.6 is 0 Å². The third-order valence-corrected chi connectivity index (χ3v) is 6.61. The summed E-state index contributed by atoms with van der Waals surface area (Å²) in [7, 11) is 4.04. The standard InChI is InChI=1S/C26H37N5O2/c1-16(2)12-22-20-8-7-9-24-25(20)19(13-23(28-22)26(32)27-10-11-30(5)6)14-31(24)15-21-17(3)29-33-18(21)4/h7-9,14,16,22-23,28H,10-13,15H2,1-6H3,(H,27,32)/t22-,23-/m0/s1. The second-order valence-electron chi connectivity index (χ2n) is 10.0. The Kier molecular flexibility index (Phi) is 6.91. The van der Waals surface area contributed by atoms with E-state index >= 15 is 0 Å². The van der Waals surface area contributed by atoms with Crippen LogP contribution in [0, 0.1) is 19.8 Å². The Hall–Kier alpha value is -2.64. The van der Waals surface area contributed by atoms with Crippen LogP contribution in [0.15, 0.2) is 28.9 Å². The molecule has 1 aliphatic heterocycles. The van der Waals surface area contributed by atoms with Crippen molar-refractivity contribution >= 4 is 16.8 Å². The molecule has 2 aromatic heterocycles. The Morgan fingerprint density at radius 1 is 1.33 bits per heavy atom. The topological polar surface area (TPSA) is 75.3 Å². The third kappa shape index (κ3) is 4.99. The highest BCUT2D eigenvalue weighted by Gasteiger charge is 2.31. The molecule has 1 aromatic carbocycles. The number of aromatic nitrogens is 2. The lowest BCUT2D eigenvalue weighted by Crippen LogP contribution is -2.47. The van der Waals surface area contributed by atoms with Gasteiger partial charge in [0.05, 0.1) is 18.3 Å². The van der Waals surface area contributed by atoms with Crippen LogP contribution < -0.4 is 10.6 Å². The van der Waals surface area contributed by atoms with Crippen molar-refractivity contribution in [2.75, 3.05) is 27.2 Å². The van der Waals surface area contributed by atoms with Crippen LogP contribution in [0.4, 0.5) is 0 Å². The zero-order chi connectivity index (χ0) is 23.7. The van der Waals surface area contributed by atoms with Crippen LogP contribution in [-0.2, 0) is 17.8 Å². The van der Waals surface area contributed by atoms with Crippen LogP contribution in [0.3, 0.4) is 0 Å². The first kappa shape index (κ1) is 23.5. The molecule has 0 spiro atoms. The van der Waals surface area contributed by atoms with E-state index in [1.54, 1.807) is 0 Å². The van der Waals surface area contributed by atoms with Gasteiger partial charge in [0.2, 0.25) is 5.91 Å². The number of nitrogens with zero attached hydrogens (tertiary/aromatic N) is 3. The van der Waals surface area contributed by atoms with Crippen LogP contribution in [0.1, 0.15) is 54.5 Å². The predicted molar refractivity (Wildman–Crippen MR) is 131 cm³/mol. The number of nitrogens with one attached hydrogen (secondary N) is 2. The zero-order valence-electron chi connectivity index (χ0n) is 20.7. The molecular weight excluding hydrogens is 414 g/mol. The van der Waals surface area contributed by atoms with Crippen LogP contribution in [-0.4, -0.2) is 53.8 Å². The Bertz CT molecular complexity index is 1110. The average molecular weight is 452 g/mol. The zero-order valence-corrected chi connectivity index (χ0v) is 20.7. The number of likely N-dealkylation sites (N-methyl/N-ethyl adjacent to an activating group) is 1. The number of carbonyl (C=O) groups is 1. The average Bonchev–Trinajstić information content (AvgIpc) is 3.21. The van der Waals surface area contributed by atoms with Gasteiger partial charge in [-0.3, -0.25) is 10.1 Å². The molecule has 0 bridgehead atoms. The van der Waals surface area contributed by atoms with E-state index < -0.39 is 0 Å². The number of carbonyl (C=O) groups excluding carboxylic acids is 1. The van der Waals surface area contributed by atoms with Crippen molar-refractivity contribution in [3.8, 4) is 0 Å². The van der Waals surface area contributed by atoms with E-state index in [4.69, 9.17) is 4.52 Å². The largest absolute Gasteiger partial charge is 0.361 e. The minimum atomic E-state index is -0.263. The van der Waals surface area contributed by atoms with E-state index in [-0.39, 0.29) is 18.0 Å². The maximum absolute atomic E-state index is 13.2. The molecule has 4 rings (SSSR count). The summed E-state index contributed by atoms with van der Waals surface area (Å²) >= 11 is 0. The molecule has 2 N–H and O–H groups in total. The first-order chi connectivity index (χ1) is 15.7. The second kappa shape index (κ2) is 9.69. The summed E-state index contributed by atoms with van der Waals surface area (Å²) in [5, 5.41) is 12.2. The van der Waals surface area contributed by atoms with Crippen molar-refractivity contribution in [2.45, 2.75) is 59.2 Å². The molecule has 7 heteroatoms. The highest BCUT2D eigenvalue weighted by molar-refractivity contribution is 5.90. The molecule has 33 heavy (non-hydrogen) atoms. The van der Waals surface area contributed by atoms with Gasteiger partial charge < -0.3 is 19.3 Å². The van der Waals surface area contributed by atoms with E-state index in [1.165, 1.54) is 22.0 Å². The quantitative estimate of drug-likeness (QED) is 0.548. The van der Waals surface area contributed by atoms with Gasteiger partial charge >= 0.3 is 0 Å². The lowest BCUT2D eigenvalue weighted by atomic mass is 9.94. The van der Waals surface area contributed by atoms with E-state index in [0.29, 0.717) is 25.4 Å².